The zero-order chi connectivity index (χ0) is 8.23. The molecule has 12 heavy (non-hydrogen) atoms. The van der Waals surface area contributed by atoms with Crippen molar-refractivity contribution in [2.24, 2.45) is 0 Å². The van der Waals surface area contributed by atoms with Gasteiger partial charge >= 0.3 is 0 Å². The number of nitrogens with zero attached hydrogens (tertiary/aromatic N) is 3. The summed E-state index contributed by atoms with van der Waals surface area (Å²) in [5, 5.41) is 0. The van der Waals surface area contributed by atoms with Crippen LogP contribution in [-0.4, -0.2) is 15.0 Å². The summed E-state index contributed by atoms with van der Waals surface area (Å²) in [6, 6.07) is 5.40. The van der Waals surface area contributed by atoms with Crippen LogP contribution >= 0.6 is 0 Å². The van der Waals surface area contributed by atoms with Crippen LogP contribution in [0.1, 0.15) is 0 Å². The van der Waals surface area contributed by atoms with E-state index >= 15 is 0 Å². The predicted octanol–water partition coefficient (Wildman–Crippen LogP) is 1.34. The zero-order valence-corrected chi connectivity index (χ0v) is 6.31. The van der Waals surface area contributed by atoms with Crippen LogP contribution in [0.2, 0.25) is 0 Å². The average molecular weight is 156 g/mol. The summed E-state index contributed by atoms with van der Waals surface area (Å²) in [5.41, 5.74) is 0.936. The van der Waals surface area contributed by atoms with Crippen molar-refractivity contribution in [3.63, 3.8) is 0 Å². The molecule has 2 heterocycles. The molecule has 0 aliphatic rings. The molecule has 1 radical (unpaired) electrons. The first-order valence-corrected chi connectivity index (χ1v) is 3.56. The number of pyridine rings is 1. The van der Waals surface area contributed by atoms with E-state index in [4.69, 9.17) is 0 Å². The van der Waals surface area contributed by atoms with Crippen LogP contribution in [0.25, 0.3) is 11.4 Å². The van der Waals surface area contributed by atoms with Crippen molar-refractivity contribution >= 4 is 0 Å². The molecular weight excluding hydrogens is 150 g/mol. The lowest BCUT2D eigenvalue weighted by atomic mass is 10.2. The first-order chi connectivity index (χ1) is 5.97. The summed E-state index contributed by atoms with van der Waals surface area (Å²) in [6.07, 6.45) is 7.82. The van der Waals surface area contributed by atoms with E-state index in [0.29, 0.717) is 5.82 Å². The Morgan fingerprint density at radius 3 is 2.58 bits per heavy atom. The van der Waals surface area contributed by atoms with Crippen LogP contribution in [0.5, 0.6) is 0 Å². The SMILES string of the molecule is [c]1cc(-c2ncccn2)ccn1. The molecule has 0 amide bonds. The van der Waals surface area contributed by atoms with Crippen molar-refractivity contribution in [2.45, 2.75) is 0 Å². The maximum atomic E-state index is 4.09. The summed E-state index contributed by atoms with van der Waals surface area (Å²) >= 11 is 0. The average Bonchev–Trinajstić information content (AvgIpc) is 2.21. The highest BCUT2D eigenvalue weighted by atomic mass is 14.9. The van der Waals surface area contributed by atoms with Gasteiger partial charge in [-0.1, -0.05) is 0 Å². The van der Waals surface area contributed by atoms with Gasteiger partial charge in [-0.15, -0.1) is 0 Å². The molecule has 3 heteroatoms. The van der Waals surface area contributed by atoms with Gasteiger partial charge in [0.05, 0.1) is 6.20 Å². The summed E-state index contributed by atoms with van der Waals surface area (Å²) in [7, 11) is 0. The van der Waals surface area contributed by atoms with Crippen LogP contribution < -0.4 is 0 Å². The van der Waals surface area contributed by atoms with Crippen molar-refractivity contribution in [2.75, 3.05) is 0 Å². The summed E-state index contributed by atoms with van der Waals surface area (Å²) in [4.78, 5) is 12.0. The fraction of sp³-hybridized carbons (Fsp3) is 0. The standard InChI is InChI=1S/C9H6N3/c1-4-11-9(12-5-1)8-2-6-10-7-3-8/h1-6H. The van der Waals surface area contributed by atoms with Gasteiger partial charge in [-0.25, -0.2) is 9.97 Å². The number of rotatable bonds is 1. The van der Waals surface area contributed by atoms with Crippen molar-refractivity contribution < 1.29 is 0 Å². The molecule has 0 spiro atoms. The molecule has 0 aliphatic carbocycles. The molecule has 0 saturated heterocycles. The Bertz CT molecular complexity index is 307. The van der Waals surface area contributed by atoms with Gasteiger partial charge in [0, 0.05) is 24.2 Å². The second-order valence-corrected chi connectivity index (χ2v) is 2.25. The van der Waals surface area contributed by atoms with Gasteiger partial charge in [0.1, 0.15) is 0 Å². The maximum absolute atomic E-state index is 4.09. The van der Waals surface area contributed by atoms with Crippen molar-refractivity contribution in [3.05, 3.63) is 43.0 Å². The molecule has 0 saturated carbocycles. The first-order valence-electron chi connectivity index (χ1n) is 3.56. The molecular formula is C9H6N3. The fourth-order valence-corrected chi connectivity index (χ4v) is 0.903. The van der Waals surface area contributed by atoms with Gasteiger partial charge in [0.15, 0.2) is 5.82 Å². The molecule has 0 unspecified atom stereocenters. The smallest absolute Gasteiger partial charge is 0.159 e. The van der Waals surface area contributed by atoms with E-state index < -0.39 is 0 Å². The van der Waals surface area contributed by atoms with E-state index in [1.807, 2.05) is 6.07 Å². The molecule has 0 aromatic carbocycles. The normalized spacial score (nSPS) is 9.67. The topological polar surface area (TPSA) is 38.7 Å². The molecule has 57 valence electrons. The summed E-state index contributed by atoms with van der Waals surface area (Å²) < 4.78 is 0. The molecule has 0 atom stereocenters. The fourth-order valence-electron chi connectivity index (χ4n) is 0.903. The Morgan fingerprint density at radius 1 is 1.08 bits per heavy atom. The summed E-state index contributed by atoms with van der Waals surface area (Å²) in [6.45, 7) is 0. The van der Waals surface area contributed by atoms with Gasteiger partial charge in [0.2, 0.25) is 0 Å². The monoisotopic (exact) mass is 156 g/mol. The lowest BCUT2D eigenvalue weighted by Gasteiger charge is -1.95. The van der Waals surface area contributed by atoms with Crippen LogP contribution in [0.3, 0.4) is 0 Å². The zero-order valence-electron chi connectivity index (χ0n) is 6.31. The van der Waals surface area contributed by atoms with Crippen LogP contribution in [0, 0.1) is 6.20 Å². The quantitative estimate of drug-likeness (QED) is 0.625. The van der Waals surface area contributed by atoms with Gasteiger partial charge in [0.25, 0.3) is 0 Å². The third-order valence-electron chi connectivity index (χ3n) is 1.45. The first kappa shape index (κ1) is 6.91. The van der Waals surface area contributed by atoms with E-state index in [-0.39, 0.29) is 0 Å². The highest BCUT2D eigenvalue weighted by molar-refractivity contribution is 5.52. The van der Waals surface area contributed by atoms with Gasteiger partial charge < -0.3 is 0 Å². The minimum Gasteiger partial charge on any atom is -0.255 e. The lowest BCUT2D eigenvalue weighted by molar-refractivity contribution is 1.17. The number of aromatic nitrogens is 3. The van der Waals surface area contributed by atoms with Crippen LogP contribution in [-0.2, 0) is 0 Å². The highest BCUT2D eigenvalue weighted by Crippen LogP contribution is 2.09. The molecule has 0 bridgehead atoms. The predicted molar refractivity (Wildman–Crippen MR) is 44.1 cm³/mol. The summed E-state index contributed by atoms with van der Waals surface area (Å²) in [5.74, 6) is 0.705. The molecule has 2 aromatic rings. The van der Waals surface area contributed by atoms with Gasteiger partial charge in [-0.2, -0.15) is 0 Å². The second-order valence-electron chi connectivity index (χ2n) is 2.25. The van der Waals surface area contributed by atoms with Crippen molar-refractivity contribution in [1.29, 1.82) is 0 Å². The van der Waals surface area contributed by atoms with Crippen LogP contribution in [0.4, 0.5) is 0 Å². The second kappa shape index (κ2) is 3.09. The Balaban J connectivity index is 2.46. The maximum Gasteiger partial charge on any atom is 0.159 e. The van der Waals surface area contributed by atoms with Gasteiger partial charge in [-0.05, 0) is 18.2 Å². The number of hydrogen-bond donors (Lipinski definition) is 0. The largest absolute Gasteiger partial charge is 0.255 e. The van der Waals surface area contributed by atoms with E-state index in [9.17, 15) is 0 Å². The molecule has 0 aliphatic heterocycles. The van der Waals surface area contributed by atoms with Crippen molar-refractivity contribution in [3.8, 4) is 11.4 Å². The Labute approximate surface area is 70.1 Å². The molecule has 0 N–H and O–H groups in total. The van der Waals surface area contributed by atoms with E-state index in [0.717, 1.165) is 5.56 Å². The molecule has 2 aromatic heterocycles. The van der Waals surface area contributed by atoms with Gasteiger partial charge in [-0.3, -0.25) is 4.98 Å². The highest BCUT2D eigenvalue weighted by Gasteiger charge is 1.96. The molecule has 3 nitrogen and oxygen atoms in total. The minimum absolute atomic E-state index is 0.705. The Hall–Kier alpha value is -1.77. The van der Waals surface area contributed by atoms with Crippen LogP contribution in [0.15, 0.2) is 36.8 Å². The molecule has 0 fully saturated rings. The minimum atomic E-state index is 0.705. The molecule has 2 rings (SSSR count). The number of hydrogen-bond acceptors (Lipinski definition) is 3. The Morgan fingerprint density at radius 2 is 1.92 bits per heavy atom. The Kier molecular flexibility index (Phi) is 1.78. The van der Waals surface area contributed by atoms with E-state index in [1.165, 1.54) is 0 Å². The van der Waals surface area contributed by atoms with E-state index in [1.54, 1.807) is 30.7 Å². The van der Waals surface area contributed by atoms with E-state index in [2.05, 4.69) is 21.1 Å². The lowest BCUT2D eigenvalue weighted by Crippen LogP contribution is -1.86. The third-order valence-corrected chi connectivity index (χ3v) is 1.45. The van der Waals surface area contributed by atoms with Crippen molar-refractivity contribution in [1.82, 2.24) is 15.0 Å². The third kappa shape index (κ3) is 1.29.